The summed E-state index contributed by atoms with van der Waals surface area (Å²) in [5.41, 5.74) is 0.441. The van der Waals surface area contributed by atoms with E-state index in [0.717, 1.165) is 6.26 Å². The van der Waals surface area contributed by atoms with Gasteiger partial charge in [0.2, 0.25) is 5.91 Å². The average Bonchev–Trinajstić information content (AvgIpc) is 2.46. The van der Waals surface area contributed by atoms with Gasteiger partial charge in [-0.3, -0.25) is 9.59 Å². The molecule has 1 aromatic carbocycles. The van der Waals surface area contributed by atoms with Gasteiger partial charge < -0.3 is 10.4 Å². The minimum absolute atomic E-state index is 0.162. The van der Waals surface area contributed by atoms with Crippen LogP contribution in [0, 0.1) is 11.8 Å². The molecule has 7 heteroatoms. The van der Waals surface area contributed by atoms with Crippen molar-refractivity contribution in [1.82, 2.24) is 0 Å². The third-order valence-corrected chi connectivity index (χ3v) is 4.76. The molecule has 0 saturated heterocycles. The predicted molar refractivity (Wildman–Crippen MR) is 81.2 cm³/mol. The van der Waals surface area contributed by atoms with Crippen LogP contribution in [0.5, 0.6) is 0 Å². The van der Waals surface area contributed by atoms with E-state index in [9.17, 15) is 18.0 Å². The number of hydrogen-bond acceptors (Lipinski definition) is 4. The summed E-state index contributed by atoms with van der Waals surface area (Å²) in [6.45, 7) is 0. The molecule has 2 atom stereocenters. The molecule has 0 heterocycles. The first-order valence-electron chi connectivity index (χ1n) is 6.78. The number of carbonyl (C=O) groups is 2. The van der Waals surface area contributed by atoms with E-state index in [1.807, 2.05) is 0 Å². The van der Waals surface area contributed by atoms with Crippen LogP contribution in [0.3, 0.4) is 0 Å². The quantitative estimate of drug-likeness (QED) is 0.821. The van der Waals surface area contributed by atoms with Gasteiger partial charge in [-0.05, 0) is 37.1 Å². The van der Waals surface area contributed by atoms with Crippen molar-refractivity contribution in [2.75, 3.05) is 11.6 Å². The van der Waals surface area contributed by atoms with Gasteiger partial charge in [0.05, 0.1) is 16.7 Å². The third kappa shape index (κ3) is 3.73. The Morgan fingerprint density at radius 1 is 1.09 bits per heavy atom. The molecule has 1 aliphatic carbocycles. The van der Waals surface area contributed by atoms with Gasteiger partial charge in [0.25, 0.3) is 0 Å². The Morgan fingerprint density at radius 2 is 1.64 bits per heavy atom. The smallest absolute Gasteiger partial charge is 0.307 e. The zero-order valence-corrected chi connectivity index (χ0v) is 12.8. The molecule has 0 unspecified atom stereocenters. The third-order valence-electron chi connectivity index (χ3n) is 3.64. The van der Waals surface area contributed by atoms with Crippen LogP contribution in [0.1, 0.15) is 12.8 Å². The van der Waals surface area contributed by atoms with Gasteiger partial charge in [0.1, 0.15) is 0 Å². The number of rotatable bonds is 4. The number of carboxylic acid groups (broad SMARTS) is 1. The van der Waals surface area contributed by atoms with E-state index in [2.05, 4.69) is 5.32 Å². The Labute approximate surface area is 128 Å². The monoisotopic (exact) mass is 323 g/mol. The maximum atomic E-state index is 12.2. The SMILES string of the molecule is CS(=O)(=O)c1ccc(NC(=O)[C@@H]2CC=CC[C@@H]2C(=O)O)cc1. The molecule has 0 aliphatic heterocycles. The molecule has 2 rings (SSSR count). The summed E-state index contributed by atoms with van der Waals surface area (Å²) in [5, 5.41) is 11.8. The number of benzene rings is 1. The first-order chi connectivity index (χ1) is 10.3. The molecule has 0 spiro atoms. The number of allylic oxidation sites excluding steroid dienone is 2. The standard InChI is InChI=1S/C15H17NO5S/c1-22(20,21)11-8-6-10(7-9-11)16-14(17)12-4-2-3-5-13(12)15(18)19/h2-3,6-9,12-13H,4-5H2,1H3,(H,16,17)(H,18,19)/t12-,13+/m1/s1. The van der Waals surface area contributed by atoms with Crippen molar-refractivity contribution in [3.63, 3.8) is 0 Å². The van der Waals surface area contributed by atoms with E-state index in [1.165, 1.54) is 24.3 Å². The number of anilines is 1. The van der Waals surface area contributed by atoms with Crippen molar-refractivity contribution in [3.8, 4) is 0 Å². The molecule has 2 N–H and O–H groups in total. The van der Waals surface area contributed by atoms with Gasteiger partial charge in [-0.2, -0.15) is 0 Å². The van der Waals surface area contributed by atoms with Crippen LogP contribution < -0.4 is 5.32 Å². The van der Waals surface area contributed by atoms with Crippen LogP contribution in [-0.2, 0) is 19.4 Å². The summed E-state index contributed by atoms with van der Waals surface area (Å²) < 4.78 is 22.7. The number of carboxylic acids is 1. The van der Waals surface area contributed by atoms with Gasteiger partial charge in [-0.1, -0.05) is 12.2 Å². The zero-order chi connectivity index (χ0) is 16.3. The van der Waals surface area contributed by atoms with E-state index in [1.54, 1.807) is 12.2 Å². The number of nitrogens with one attached hydrogen (secondary N) is 1. The topological polar surface area (TPSA) is 101 Å². The number of hydrogen-bond donors (Lipinski definition) is 2. The van der Waals surface area contributed by atoms with Gasteiger partial charge in [-0.15, -0.1) is 0 Å². The summed E-state index contributed by atoms with van der Waals surface area (Å²) in [6, 6.07) is 5.78. The molecule has 1 aromatic rings. The highest BCUT2D eigenvalue weighted by atomic mass is 32.2. The van der Waals surface area contributed by atoms with Crippen LogP contribution in [0.4, 0.5) is 5.69 Å². The molecule has 0 aromatic heterocycles. The van der Waals surface area contributed by atoms with E-state index >= 15 is 0 Å². The van der Waals surface area contributed by atoms with E-state index in [4.69, 9.17) is 5.11 Å². The largest absolute Gasteiger partial charge is 0.481 e. The minimum atomic E-state index is -3.29. The average molecular weight is 323 g/mol. The molecule has 0 radical (unpaired) electrons. The molecule has 22 heavy (non-hydrogen) atoms. The van der Waals surface area contributed by atoms with Crippen molar-refractivity contribution in [3.05, 3.63) is 36.4 Å². The molecule has 0 saturated carbocycles. The van der Waals surface area contributed by atoms with E-state index < -0.39 is 27.6 Å². The molecule has 0 fully saturated rings. The highest BCUT2D eigenvalue weighted by molar-refractivity contribution is 7.90. The maximum Gasteiger partial charge on any atom is 0.307 e. The van der Waals surface area contributed by atoms with Crippen molar-refractivity contribution < 1.29 is 23.1 Å². The van der Waals surface area contributed by atoms with Crippen LogP contribution >= 0.6 is 0 Å². The Hall–Kier alpha value is -2.15. The van der Waals surface area contributed by atoms with Crippen molar-refractivity contribution in [2.24, 2.45) is 11.8 Å². The fraction of sp³-hybridized carbons (Fsp3) is 0.333. The zero-order valence-electron chi connectivity index (χ0n) is 12.0. The maximum absolute atomic E-state index is 12.2. The highest BCUT2D eigenvalue weighted by Crippen LogP contribution is 2.27. The highest BCUT2D eigenvalue weighted by Gasteiger charge is 2.33. The molecule has 1 aliphatic rings. The van der Waals surface area contributed by atoms with Crippen LogP contribution in [-0.4, -0.2) is 31.7 Å². The van der Waals surface area contributed by atoms with E-state index in [-0.39, 0.29) is 10.8 Å². The van der Waals surface area contributed by atoms with Gasteiger partial charge in [-0.25, -0.2) is 8.42 Å². The second-order valence-electron chi connectivity index (χ2n) is 5.28. The number of carbonyl (C=O) groups excluding carboxylic acids is 1. The molecular formula is C15H17NO5S. The second kappa shape index (κ2) is 6.31. The van der Waals surface area contributed by atoms with Crippen LogP contribution in [0.2, 0.25) is 0 Å². The van der Waals surface area contributed by atoms with Gasteiger partial charge in [0.15, 0.2) is 9.84 Å². The predicted octanol–water partition coefficient (Wildman–Crippen LogP) is 1.70. The lowest BCUT2D eigenvalue weighted by molar-refractivity contribution is -0.146. The summed E-state index contributed by atoms with van der Waals surface area (Å²) in [7, 11) is -3.29. The molecule has 6 nitrogen and oxygen atoms in total. The molecule has 118 valence electrons. The lowest BCUT2D eigenvalue weighted by Gasteiger charge is -2.24. The minimum Gasteiger partial charge on any atom is -0.481 e. The van der Waals surface area contributed by atoms with Crippen molar-refractivity contribution in [1.29, 1.82) is 0 Å². The van der Waals surface area contributed by atoms with E-state index in [0.29, 0.717) is 18.5 Å². The summed E-state index contributed by atoms with van der Waals surface area (Å²) in [4.78, 5) is 23.6. The fourth-order valence-corrected chi connectivity index (χ4v) is 3.03. The van der Waals surface area contributed by atoms with Crippen molar-refractivity contribution >= 4 is 27.4 Å². The number of aliphatic carboxylic acids is 1. The lowest BCUT2D eigenvalue weighted by atomic mass is 9.82. The molecular weight excluding hydrogens is 306 g/mol. The Balaban J connectivity index is 2.11. The number of sulfone groups is 1. The lowest BCUT2D eigenvalue weighted by Crippen LogP contribution is -2.34. The number of amides is 1. The normalized spacial score (nSPS) is 21.3. The van der Waals surface area contributed by atoms with Crippen LogP contribution in [0.15, 0.2) is 41.3 Å². The van der Waals surface area contributed by atoms with Crippen LogP contribution in [0.25, 0.3) is 0 Å². The second-order valence-corrected chi connectivity index (χ2v) is 7.30. The van der Waals surface area contributed by atoms with Crippen molar-refractivity contribution in [2.45, 2.75) is 17.7 Å². The molecule has 1 amide bonds. The first-order valence-corrected chi connectivity index (χ1v) is 8.67. The molecule has 0 bridgehead atoms. The Bertz CT molecular complexity index is 706. The van der Waals surface area contributed by atoms with Gasteiger partial charge in [0, 0.05) is 11.9 Å². The summed E-state index contributed by atoms with van der Waals surface area (Å²) >= 11 is 0. The first kappa shape index (κ1) is 16.2. The Morgan fingerprint density at radius 3 is 2.14 bits per heavy atom. The van der Waals surface area contributed by atoms with Gasteiger partial charge >= 0.3 is 5.97 Å². The Kier molecular flexibility index (Phi) is 4.65. The fourth-order valence-electron chi connectivity index (χ4n) is 2.40. The summed E-state index contributed by atoms with van der Waals surface area (Å²) in [5.74, 6) is -2.72. The summed E-state index contributed by atoms with van der Waals surface area (Å²) in [6.07, 6.45) is 5.39.